The maximum Gasteiger partial charge on any atom is 0.238 e. The molecule has 1 aliphatic rings. The van der Waals surface area contributed by atoms with Gasteiger partial charge in [0, 0.05) is 11.9 Å². The van der Waals surface area contributed by atoms with Crippen molar-refractivity contribution in [2.24, 2.45) is 10.1 Å². The SMILES string of the molecule is COc1ccc(C2C(C#N)=C(/N=C/c3ccc(F)cc3)Oc3nc(Nc4ccc(S(N)(=O)=O)cc4)sc32)cc1. The zero-order valence-corrected chi connectivity index (χ0v) is 22.0. The van der Waals surface area contributed by atoms with E-state index in [2.05, 4.69) is 21.4 Å². The summed E-state index contributed by atoms with van der Waals surface area (Å²) in [5, 5.41) is 18.9. The Kier molecular flexibility index (Phi) is 7.12. The summed E-state index contributed by atoms with van der Waals surface area (Å²) in [5.41, 5.74) is 2.29. The molecule has 0 bridgehead atoms. The minimum Gasteiger partial charge on any atom is -0.497 e. The summed E-state index contributed by atoms with van der Waals surface area (Å²) in [6.07, 6.45) is 1.49. The molecule has 1 aromatic heterocycles. The maximum atomic E-state index is 13.3. The number of primary sulfonamides is 1. The number of allylic oxidation sites excluding steroid dienone is 1. The summed E-state index contributed by atoms with van der Waals surface area (Å²) in [7, 11) is -2.25. The van der Waals surface area contributed by atoms with Crippen molar-refractivity contribution in [3.05, 3.63) is 106 Å². The lowest BCUT2D eigenvalue weighted by Crippen LogP contribution is -2.14. The number of thiazole rings is 1. The van der Waals surface area contributed by atoms with Crippen LogP contribution in [0.15, 0.2) is 94.1 Å². The number of rotatable bonds is 7. The summed E-state index contributed by atoms with van der Waals surface area (Å²) in [6.45, 7) is 0. The van der Waals surface area contributed by atoms with Crippen LogP contribution in [0.3, 0.4) is 0 Å². The van der Waals surface area contributed by atoms with Gasteiger partial charge in [-0.05, 0) is 59.7 Å². The second kappa shape index (κ2) is 10.7. The zero-order valence-electron chi connectivity index (χ0n) is 20.3. The van der Waals surface area contributed by atoms with Crippen molar-refractivity contribution in [3.63, 3.8) is 0 Å². The van der Waals surface area contributed by atoms with Crippen molar-refractivity contribution in [3.8, 4) is 17.7 Å². The van der Waals surface area contributed by atoms with Gasteiger partial charge in [0.05, 0.1) is 22.8 Å². The zero-order chi connectivity index (χ0) is 27.6. The molecule has 1 unspecified atom stereocenters. The van der Waals surface area contributed by atoms with Crippen molar-refractivity contribution >= 4 is 38.4 Å². The number of ether oxygens (including phenoxy) is 2. The first-order valence-corrected chi connectivity index (χ1v) is 13.8. The molecule has 1 aliphatic heterocycles. The quantitative estimate of drug-likeness (QED) is 0.301. The topological polar surface area (TPSA) is 140 Å². The van der Waals surface area contributed by atoms with Gasteiger partial charge in [-0.15, -0.1) is 0 Å². The Hall–Kier alpha value is -4.57. The van der Waals surface area contributed by atoms with Crippen molar-refractivity contribution in [2.75, 3.05) is 12.4 Å². The third kappa shape index (κ3) is 5.65. The molecule has 12 heteroatoms. The van der Waals surface area contributed by atoms with Crippen LogP contribution in [-0.4, -0.2) is 26.7 Å². The van der Waals surface area contributed by atoms with E-state index in [1.807, 2.05) is 12.1 Å². The molecule has 0 saturated heterocycles. The number of nitriles is 1. The van der Waals surface area contributed by atoms with Crippen LogP contribution in [0.1, 0.15) is 21.9 Å². The van der Waals surface area contributed by atoms with Crippen LogP contribution in [0.25, 0.3) is 0 Å². The van der Waals surface area contributed by atoms with Crippen LogP contribution in [-0.2, 0) is 10.0 Å². The summed E-state index contributed by atoms with van der Waals surface area (Å²) in [6, 6.07) is 21.2. The van der Waals surface area contributed by atoms with Gasteiger partial charge in [0.15, 0.2) is 5.13 Å². The number of nitrogens with one attached hydrogen (secondary N) is 1. The van der Waals surface area contributed by atoms with Crippen molar-refractivity contribution in [1.82, 2.24) is 4.98 Å². The Morgan fingerprint density at radius 2 is 1.82 bits per heavy atom. The molecule has 0 saturated carbocycles. The van der Waals surface area contributed by atoms with Gasteiger partial charge in [0.2, 0.25) is 21.8 Å². The summed E-state index contributed by atoms with van der Waals surface area (Å²) < 4.78 is 47.7. The minimum atomic E-state index is -3.82. The van der Waals surface area contributed by atoms with Gasteiger partial charge in [-0.25, -0.2) is 22.9 Å². The van der Waals surface area contributed by atoms with E-state index in [-0.39, 0.29) is 28.0 Å². The van der Waals surface area contributed by atoms with Gasteiger partial charge < -0.3 is 14.8 Å². The van der Waals surface area contributed by atoms with E-state index in [4.69, 9.17) is 14.6 Å². The second-order valence-electron chi connectivity index (χ2n) is 8.33. The first-order valence-electron chi connectivity index (χ1n) is 11.4. The van der Waals surface area contributed by atoms with E-state index < -0.39 is 15.9 Å². The van der Waals surface area contributed by atoms with Crippen LogP contribution < -0.4 is 19.9 Å². The molecule has 0 amide bonds. The summed E-state index contributed by atoms with van der Waals surface area (Å²) in [5.74, 6) is 0.115. The van der Waals surface area contributed by atoms with E-state index in [0.29, 0.717) is 27.0 Å². The average Bonchev–Trinajstić information content (AvgIpc) is 3.33. The third-order valence-electron chi connectivity index (χ3n) is 5.80. The van der Waals surface area contributed by atoms with Crippen LogP contribution in [0, 0.1) is 17.1 Å². The molecule has 1 atom stereocenters. The standard InChI is InChI=1S/C27H20FN5O4S2/c1-36-20-10-4-17(5-11-20)23-22(14-29)25(31-15-16-2-6-18(28)7-3-16)37-26-24(23)38-27(33-26)32-19-8-12-21(13-9-19)39(30,34)35/h2-13,15,23H,1H3,(H,32,33)(H2,30,34,35)/b31-15+. The normalized spacial score (nSPS) is 15.0. The van der Waals surface area contributed by atoms with Crippen LogP contribution >= 0.6 is 11.3 Å². The molecular weight excluding hydrogens is 541 g/mol. The number of sulfonamides is 1. The first kappa shape index (κ1) is 26.1. The van der Waals surface area contributed by atoms with E-state index in [1.165, 1.54) is 41.8 Å². The smallest absolute Gasteiger partial charge is 0.238 e. The highest BCUT2D eigenvalue weighted by molar-refractivity contribution is 7.89. The predicted octanol–water partition coefficient (Wildman–Crippen LogP) is 5.06. The molecule has 4 aromatic rings. The largest absolute Gasteiger partial charge is 0.497 e. The predicted molar refractivity (Wildman–Crippen MR) is 145 cm³/mol. The summed E-state index contributed by atoms with van der Waals surface area (Å²) in [4.78, 5) is 9.64. The van der Waals surface area contributed by atoms with E-state index >= 15 is 0 Å². The van der Waals surface area contributed by atoms with E-state index in [0.717, 1.165) is 5.56 Å². The fourth-order valence-electron chi connectivity index (χ4n) is 3.88. The number of aliphatic imine (C=N–C) groups is 1. The Morgan fingerprint density at radius 1 is 1.13 bits per heavy atom. The molecule has 196 valence electrons. The van der Waals surface area contributed by atoms with Gasteiger partial charge in [0.25, 0.3) is 0 Å². The molecule has 5 rings (SSSR count). The second-order valence-corrected chi connectivity index (χ2v) is 10.9. The number of hydrogen-bond acceptors (Lipinski definition) is 9. The number of anilines is 2. The Bertz CT molecular complexity index is 1720. The number of benzene rings is 3. The Labute approximate surface area is 227 Å². The first-order chi connectivity index (χ1) is 18.7. The lowest BCUT2D eigenvalue weighted by atomic mass is 9.89. The van der Waals surface area contributed by atoms with Crippen molar-refractivity contribution in [1.29, 1.82) is 5.26 Å². The number of halogens is 1. The molecule has 0 aliphatic carbocycles. The highest BCUT2D eigenvalue weighted by Crippen LogP contribution is 2.47. The number of nitrogens with two attached hydrogens (primary N) is 1. The van der Waals surface area contributed by atoms with Crippen molar-refractivity contribution in [2.45, 2.75) is 10.8 Å². The molecule has 39 heavy (non-hydrogen) atoms. The molecule has 3 N–H and O–H groups in total. The van der Waals surface area contributed by atoms with Crippen LogP contribution in [0.5, 0.6) is 11.6 Å². The number of nitrogens with zero attached hydrogens (tertiary/aromatic N) is 3. The van der Waals surface area contributed by atoms with E-state index in [1.54, 1.807) is 43.5 Å². The maximum absolute atomic E-state index is 13.3. The molecule has 0 radical (unpaired) electrons. The van der Waals surface area contributed by atoms with Crippen molar-refractivity contribution < 1.29 is 22.3 Å². The number of fused-ring (bicyclic) bond motifs is 1. The highest BCUT2D eigenvalue weighted by Gasteiger charge is 2.35. The lowest BCUT2D eigenvalue weighted by Gasteiger charge is -2.22. The Morgan fingerprint density at radius 3 is 2.44 bits per heavy atom. The summed E-state index contributed by atoms with van der Waals surface area (Å²) >= 11 is 1.29. The molecule has 2 heterocycles. The number of hydrogen-bond donors (Lipinski definition) is 2. The Balaban J connectivity index is 1.53. The molecule has 3 aromatic carbocycles. The monoisotopic (exact) mass is 561 g/mol. The van der Waals surface area contributed by atoms with Gasteiger partial charge >= 0.3 is 0 Å². The molecule has 0 fully saturated rings. The number of methoxy groups -OCH3 is 1. The molecule has 9 nitrogen and oxygen atoms in total. The van der Waals surface area contributed by atoms with Gasteiger partial charge in [-0.2, -0.15) is 10.2 Å². The fourth-order valence-corrected chi connectivity index (χ4v) is 5.45. The number of aromatic nitrogens is 1. The average molecular weight is 562 g/mol. The molecular formula is C27H20FN5O4S2. The highest BCUT2D eigenvalue weighted by atomic mass is 32.2. The van der Waals surface area contributed by atoms with E-state index in [9.17, 15) is 18.1 Å². The van der Waals surface area contributed by atoms with Crippen LogP contribution in [0.2, 0.25) is 0 Å². The third-order valence-corrected chi connectivity index (χ3v) is 7.75. The van der Waals surface area contributed by atoms with Gasteiger partial charge in [-0.1, -0.05) is 35.6 Å². The van der Waals surface area contributed by atoms with Gasteiger partial charge in [-0.3, -0.25) is 0 Å². The fraction of sp³-hybridized carbons (Fsp3) is 0.0741. The minimum absolute atomic E-state index is 0.0130. The lowest BCUT2D eigenvalue weighted by molar-refractivity contribution is 0.384. The van der Waals surface area contributed by atoms with Crippen LogP contribution in [0.4, 0.5) is 15.2 Å². The van der Waals surface area contributed by atoms with Gasteiger partial charge in [0.1, 0.15) is 23.2 Å². The molecule has 0 spiro atoms.